The van der Waals surface area contributed by atoms with Crippen LogP contribution in [-0.4, -0.2) is 67.4 Å². The minimum atomic E-state index is -0.730. The highest BCUT2D eigenvalue weighted by Gasteiger charge is 2.24. The second-order valence-corrected chi connectivity index (χ2v) is 6.13. The molecule has 0 bridgehead atoms. The van der Waals surface area contributed by atoms with Gasteiger partial charge in [0.05, 0.1) is 32.1 Å². The summed E-state index contributed by atoms with van der Waals surface area (Å²) in [6.45, 7) is 5.84. The van der Waals surface area contributed by atoms with Gasteiger partial charge in [0, 0.05) is 19.5 Å². The van der Waals surface area contributed by atoms with Crippen LogP contribution in [0.5, 0.6) is 0 Å². The van der Waals surface area contributed by atoms with E-state index in [0.29, 0.717) is 32.1 Å². The van der Waals surface area contributed by atoms with Crippen molar-refractivity contribution in [3.05, 3.63) is 24.2 Å². The predicted molar refractivity (Wildman–Crippen MR) is 89.9 cm³/mol. The Morgan fingerprint density at radius 1 is 1.24 bits per heavy atom. The molecular weight excluding hydrogens is 326 g/mol. The number of amides is 2. The van der Waals surface area contributed by atoms with Crippen molar-refractivity contribution in [2.75, 3.05) is 32.8 Å². The van der Waals surface area contributed by atoms with Gasteiger partial charge in [-0.25, -0.2) is 0 Å². The van der Waals surface area contributed by atoms with Crippen LogP contribution in [0.25, 0.3) is 0 Å². The van der Waals surface area contributed by atoms with E-state index in [1.807, 2.05) is 4.90 Å². The molecule has 0 unspecified atom stereocenters. The van der Waals surface area contributed by atoms with Crippen LogP contribution in [0.1, 0.15) is 19.6 Å². The highest BCUT2D eigenvalue weighted by molar-refractivity contribution is 5.92. The zero-order valence-electron chi connectivity index (χ0n) is 14.6. The molecule has 25 heavy (non-hydrogen) atoms. The summed E-state index contributed by atoms with van der Waals surface area (Å²) in [6.07, 6.45) is 1.80. The van der Waals surface area contributed by atoms with E-state index in [2.05, 4.69) is 10.6 Å². The van der Waals surface area contributed by atoms with Crippen LogP contribution < -0.4 is 10.6 Å². The van der Waals surface area contributed by atoms with Gasteiger partial charge < -0.3 is 19.8 Å². The summed E-state index contributed by atoms with van der Waals surface area (Å²) in [4.78, 5) is 38.0. The quantitative estimate of drug-likeness (QED) is 0.669. The number of carbonyl (C=O) groups excluding carboxylic acids is 3. The maximum atomic E-state index is 12.3. The summed E-state index contributed by atoms with van der Waals surface area (Å²) in [7, 11) is 0. The molecule has 0 radical (unpaired) electrons. The predicted octanol–water partition coefficient (Wildman–Crippen LogP) is -0.267. The Bertz CT molecular complexity index is 581. The average Bonchev–Trinajstić information content (AvgIpc) is 3.07. The number of nitrogens with one attached hydrogen (secondary N) is 2. The fourth-order valence-electron chi connectivity index (χ4n) is 2.54. The van der Waals surface area contributed by atoms with Gasteiger partial charge in [0.2, 0.25) is 11.8 Å². The Morgan fingerprint density at radius 3 is 2.56 bits per heavy atom. The molecule has 0 aromatic carbocycles. The lowest BCUT2D eigenvalue weighted by molar-refractivity contribution is -0.131. The highest BCUT2D eigenvalue weighted by atomic mass is 16.5. The lowest BCUT2D eigenvalue weighted by Crippen LogP contribution is -2.52. The minimum absolute atomic E-state index is 0.170. The van der Waals surface area contributed by atoms with E-state index in [4.69, 9.17) is 9.15 Å². The normalized spacial score (nSPS) is 17.5. The lowest BCUT2D eigenvalue weighted by atomic mass is 10.1. The summed E-state index contributed by atoms with van der Waals surface area (Å²) in [5, 5.41) is 5.33. The van der Waals surface area contributed by atoms with Crippen molar-refractivity contribution in [3.8, 4) is 0 Å². The summed E-state index contributed by atoms with van der Waals surface area (Å²) >= 11 is 0. The first kappa shape index (κ1) is 19.1. The van der Waals surface area contributed by atoms with Crippen LogP contribution in [0.4, 0.5) is 0 Å². The summed E-state index contributed by atoms with van der Waals surface area (Å²) in [5.74, 6) is -0.182. The standard InChI is InChI=1S/C17H25N3O5/c1-12(18-16(22)11-20-5-8-24-9-6-20)17(23)19-15(13(2)21)10-14-4-3-7-25-14/h3-4,7,12,15H,5-6,8-11H2,1-2H3,(H,18,22)(H,19,23)/t12-,15-/m0/s1. The number of furan rings is 1. The highest BCUT2D eigenvalue weighted by Crippen LogP contribution is 2.05. The van der Waals surface area contributed by atoms with Gasteiger partial charge in [0.1, 0.15) is 11.8 Å². The van der Waals surface area contributed by atoms with Gasteiger partial charge >= 0.3 is 0 Å². The van der Waals surface area contributed by atoms with Gasteiger partial charge in [-0.1, -0.05) is 0 Å². The molecule has 1 aromatic heterocycles. The van der Waals surface area contributed by atoms with E-state index in [1.54, 1.807) is 19.1 Å². The maximum Gasteiger partial charge on any atom is 0.242 e. The summed E-state index contributed by atoms with van der Waals surface area (Å²) in [6, 6.07) is 2.06. The van der Waals surface area contributed by atoms with E-state index in [9.17, 15) is 14.4 Å². The monoisotopic (exact) mass is 351 g/mol. The molecule has 2 atom stereocenters. The van der Waals surface area contributed by atoms with Gasteiger partial charge in [-0.15, -0.1) is 0 Å². The van der Waals surface area contributed by atoms with Crippen LogP contribution in [-0.2, 0) is 25.5 Å². The van der Waals surface area contributed by atoms with E-state index in [-0.39, 0.29) is 24.7 Å². The molecule has 1 saturated heterocycles. The molecule has 2 N–H and O–H groups in total. The molecular formula is C17H25N3O5. The van der Waals surface area contributed by atoms with Crippen molar-refractivity contribution in [1.29, 1.82) is 0 Å². The van der Waals surface area contributed by atoms with Crippen LogP contribution in [0.15, 0.2) is 22.8 Å². The van der Waals surface area contributed by atoms with Crippen LogP contribution in [0, 0.1) is 0 Å². The van der Waals surface area contributed by atoms with Crippen molar-refractivity contribution >= 4 is 17.6 Å². The number of rotatable bonds is 8. The number of nitrogens with zero attached hydrogens (tertiary/aromatic N) is 1. The number of ketones is 1. The average molecular weight is 351 g/mol. The van der Waals surface area contributed by atoms with Gasteiger partial charge in [-0.3, -0.25) is 19.3 Å². The van der Waals surface area contributed by atoms with Crippen molar-refractivity contribution < 1.29 is 23.5 Å². The van der Waals surface area contributed by atoms with Gasteiger partial charge in [-0.2, -0.15) is 0 Å². The molecule has 0 spiro atoms. The van der Waals surface area contributed by atoms with Gasteiger partial charge in [0.25, 0.3) is 0 Å². The van der Waals surface area contributed by atoms with Gasteiger partial charge in [-0.05, 0) is 26.0 Å². The fourth-order valence-corrected chi connectivity index (χ4v) is 2.54. The fraction of sp³-hybridized carbons (Fsp3) is 0.588. The third-order valence-corrected chi connectivity index (χ3v) is 4.03. The molecule has 1 aromatic rings. The molecule has 8 nitrogen and oxygen atoms in total. The largest absolute Gasteiger partial charge is 0.469 e. The number of hydrogen-bond acceptors (Lipinski definition) is 6. The van der Waals surface area contributed by atoms with E-state index in [1.165, 1.54) is 13.2 Å². The maximum absolute atomic E-state index is 12.3. The number of carbonyl (C=O) groups is 3. The third-order valence-electron chi connectivity index (χ3n) is 4.03. The molecule has 2 amide bonds. The molecule has 1 aliphatic heterocycles. The Balaban J connectivity index is 1.80. The Morgan fingerprint density at radius 2 is 1.96 bits per heavy atom. The molecule has 138 valence electrons. The minimum Gasteiger partial charge on any atom is -0.469 e. The van der Waals surface area contributed by atoms with E-state index >= 15 is 0 Å². The van der Waals surface area contributed by atoms with Crippen LogP contribution in [0.3, 0.4) is 0 Å². The summed E-state index contributed by atoms with van der Waals surface area (Å²) < 4.78 is 10.4. The molecule has 2 rings (SSSR count). The smallest absolute Gasteiger partial charge is 0.242 e. The van der Waals surface area contributed by atoms with Crippen LogP contribution >= 0.6 is 0 Å². The molecule has 1 fully saturated rings. The first-order valence-electron chi connectivity index (χ1n) is 8.38. The molecule has 1 aliphatic rings. The topological polar surface area (TPSA) is 101 Å². The first-order chi connectivity index (χ1) is 12.0. The molecule has 8 heteroatoms. The number of morpholine rings is 1. The van der Waals surface area contributed by atoms with Gasteiger partial charge in [0.15, 0.2) is 5.78 Å². The zero-order valence-corrected chi connectivity index (χ0v) is 14.6. The Kier molecular flexibility index (Phi) is 7.15. The lowest BCUT2D eigenvalue weighted by Gasteiger charge is -2.26. The number of Topliss-reactive ketones (excluding diaryl/α,β-unsaturated/α-hetero) is 1. The van der Waals surface area contributed by atoms with E-state index in [0.717, 1.165) is 0 Å². The second kappa shape index (κ2) is 9.33. The van der Waals surface area contributed by atoms with Crippen molar-refractivity contribution in [3.63, 3.8) is 0 Å². The molecule has 2 heterocycles. The zero-order chi connectivity index (χ0) is 18.2. The Hall–Kier alpha value is -2.19. The number of hydrogen-bond donors (Lipinski definition) is 2. The third kappa shape index (κ3) is 6.32. The van der Waals surface area contributed by atoms with E-state index < -0.39 is 18.0 Å². The number of ether oxygens (including phenoxy) is 1. The van der Waals surface area contributed by atoms with Crippen molar-refractivity contribution in [2.45, 2.75) is 32.4 Å². The van der Waals surface area contributed by atoms with Crippen molar-refractivity contribution in [2.24, 2.45) is 0 Å². The second-order valence-electron chi connectivity index (χ2n) is 6.13. The SMILES string of the molecule is CC(=O)[C@H](Cc1ccco1)NC(=O)[C@H](C)NC(=O)CN1CCOCC1. The first-order valence-corrected chi connectivity index (χ1v) is 8.38. The van der Waals surface area contributed by atoms with Crippen molar-refractivity contribution in [1.82, 2.24) is 15.5 Å². The Labute approximate surface area is 146 Å². The molecule has 0 aliphatic carbocycles. The van der Waals surface area contributed by atoms with Crippen LogP contribution in [0.2, 0.25) is 0 Å². The summed E-state index contributed by atoms with van der Waals surface area (Å²) in [5.41, 5.74) is 0. The molecule has 0 saturated carbocycles.